The molecular weight excluding hydrogens is 283 g/mol. The summed E-state index contributed by atoms with van der Waals surface area (Å²) in [7, 11) is 0. The van der Waals surface area contributed by atoms with Crippen LogP contribution in [0.15, 0.2) is 29.3 Å². The van der Waals surface area contributed by atoms with Crippen molar-refractivity contribution in [2.24, 2.45) is 4.99 Å². The van der Waals surface area contributed by atoms with Gasteiger partial charge in [-0.25, -0.2) is 4.39 Å². The first-order chi connectivity index (χ1) is 10.7. The number of anilines is 1. The quantitative estimate of drug-likeness (QED) is 0.567. The minimum Gasteiger partial charge on any atom is -0.394 e. The number of aliphatic hydroxyl groups is 1. The molecule has 1 aliphatic heterocycles. The molecule has 3 N–H and O–H groups in total. The normalized spacial score (nSPS) is 16.7. The lowest BCUT2D eigenvalue weighted by Gasteiger charge is -2.34. The molecule has 1 aromatic carbocycles. The fourth-order valence-electron chi connectivity index (χ4n) is 2.63. The van der Waals surface area contributed by atoms with Gasteiger partial charge in [-0.1, -0.05) is 6.07 Å². The number of guanidine groups is 1. The van der Waals surface area contributed by atoms with Crippen LogP contribution in [-0.4, -0.2) is 49.9 Å². The second-order valence-corrected chi connectivity index (χ2v) is 5.37. The summed E-state index contributed by atoms with van der Waals surface area (Å²) in [4.78, 5) is 6.50. The summed E-state index contributed by atoms with van der Waals surface area (Å²) in [5.41, 5.74) is 0.944. The Morgan fingerprint density at radius 3 is 2.82 bits per heavy atom. The van der Waals surface area contributed by atoms with Crippen LogP contribution < -0.4 is 15.5 Å². The predicted octanol–water partition coefficient (Wildman–Crippen LogP) is 1.34. The molecule has 22 heavy (non-hydrogen) atoms. The third-order valence-electron chi connectivity index (χ3n) is 3.72. The van der Waals surface area contributed by atoms with Crippen molar-refractivity contribution >= 4 is 11.6 Å². The van der Waals surface area contributed by atoms with Gasteiger partial charge in [0.25, 0.3) is 0 Å². The Hall–Kier alpha value is -1.82. The van der Waals surface area contributed by atoms with Crippen molar-refractivity contribution in [3.05, 3.63) is 30.1 Å². The molecule has 6 heteroatoms. The smallest absolute Gasteiger partial charge is 0.191 e. The lowest BCUT2D eigenvalue weighted by Crippen LogP contribution is -2.48. The van der Waals surface area contributed by atoms with Crippen molar-refractivity contribution in [2.75, 3.05) is 37.7 Å². The highest BCUT2D eigenvalue weighted by atomic mass is 19.1. The fourth-order valence-corrected chi connectivity index (χ4v) is 2.63. The molecule has 1 heterocycles. The highest BCUT2D eigenvalue weighted by Gasteiger charge is 2.20. The maximum Gasteiger partial charge on any atom is 0.191 e. The highest BCUT2D eigenvalue weighted by molar-refractivity contribution is 5.80. The monoisotopic (exact) mass is 308 g/mol. The van der Waals surface area contributed by atoms with E-state index in [1.165, 1.54) is 6.07 Å². The predicted molar refractivity (Wildman–Crippen MR) is 87.8 cm³/mol. The Labute approximate surface area is 131 Å². The summed E-state index contributed by atoms with van der Waals surface area (Å²) in [6.45, 7) is 5.04. The maximum absolute atomic E-state index is 13.3. The summed E-state index contributed by atoms with van der Waals surface area (Å²) in [5.74, 6) is 0.559. The van der Waals surface area contributed by atoms with Crippen molar-refractivity contribution in [3.63, 3.8) is 0 Å². The molecule has 0 aromatic heterocycles. The zero-order valence-corrected chi connectivity index (χ0v) is 13.1. The van der Waals surface area contributed by atoms with Crippen LogP contribution in [0.5, 0.6) is 0 Å². The molecule has 1 fully saturated rings. The number of nitrogens with one attached hydrogen (secondary N) is 2. The van der Waals surface area contributed by atoms with Crippen LogP contribution in [-0.2, 0) is 0 Å². The Balaban J connectivity index is 1.86. The summed E-state index contributed by atoms with van der Waals surface area (Å²) < 4.78 is 13.3. The Morgan fingerprint density at radius 2 is 2.18 bits per heavy atom. The lowest BCUT2D eigenvalue weighted by atomic mass is 10.0. The molecule has 0 unspecified atom stereocenters. The first-order valence-electron chi connectivity index (χ1n) is 7.89. The summed E-state index contributed by atoms with van der Waals surface area (Å²) in [6, 6.07) is 7.10. The topological polar surface area (TPSA) is 59.9 Å². The van der Waals surface area contributed by atoms with Crippen LogP contribution in [0, 0.1) is 5.82 Å². The van der Waals surface area contributed by atoms with E-state index >= 15 is 0 Å². The Bertz CT molecular complexity index is 487. The van der Waals surface area contributed by atoms with E-state index in [9.17, 15) is 4.39 Å². The molecule has 0 radical (unpaired) electrons. The number of aliphatic imine (C=N–C) groups is 1. The van der Waals surface area contributed by atoms with E-state index in [1.807, 2.05) is 13.0 Å². The van der Waals surface area contributed by atoms with E-state index in [2.05, 4.69) is 20.5 Å². The van der Waals surface area contributed by atoms with Crippen LogP contribution in [0.4, 0.5) is 10.1 Å². The van der Waals surface area contributed by atoms with E-state index in [1.54, 1.807) is 12.1 Å². The van der Waals surface area contributed by atoms with Crippen molar-refractivity contribution in [3.8, 4) is 0 Å². The van der Waals surface area contributed by atoms with Crippen LogP contribution in [0.3, 0.4) is 0 Å². The average molecular weight is 308 g/mol. The molecule has 1 saturated heterocycles. The third kappa shape index (κ3) is 4.87. The lowest BCUT2D eigenvalue weighted by molar-refractivity contribution is 0.306. The van der Waals surface area contributed by atoms with Gasteiger partial charge < -0.3 is 20.6 Å². The number of benzene rings is 1. The molecule has 2 rings (SSSR count). The van der Waals surface area contributed by atoms with Gasteiger partial charge >= 0.3 is 0 Å². The van der Waals surface area contributed by atoms with Crippen molar-refractivity contribution in [1.29, 1.82) is 0 Å². The molecular formula is C16H25FN4O. The van der Waals surface area contributed by atoms with Gasteiger partial charge in [0.1, 0.15) is 5.82 Å². The number of hydrogen-bond acceptors (Lipinski definition) is 3. The minimum absolute atomic E-state index is 0.0502. The van der Waals surface area contributed by atoms with Gasteiger partial charge in [0.15, 0.2) is 5.96 Å². The number of rotatable bonds is 5. The molecule has 0 aliphatic carbocycles. The summed E-state index contributed by atoms with van der Waals surface area (Å²) in [6.07, 6.45) is 1.94. The second kappa shape index (κ2) is 8.58. The fraction of sp³-hybridized carbons (Fsp3) is 0.562. The molecule has 0 spiro atoms. The van der Waals surface area contributed by atoms with Gasteiger partial charge in [0.05, 0.1) is 13.2 Å². The van der Waals surface area contributed by atoms with Crippen molar-refractivity contribution < 1.29 is 9.50 Å². The van der Waals surface area contributed by atoms with Gasteiger partial charge in [-0.05, 0) is 38.0 Å². The van der Waals surface area contributed by atoms with Gasteiger partial charge in [-0.15, -0.1) is 0 Å². The standard InChI is InChI=1S/C16H25FN4O/c1-2-18-16(19-8-11-22)20-14-6-9-21(10-7-14)15-5-3-4-13(17)12-15/h3-5,12,14,22H,2,6-11H2,1H3,(H2,18,19,20). The molecule has 1 aromatic rings. The number of nitrogens with zero attached hydrogens (tertiary/aromatic N) is 2. The first kappa shape index (κ1) is 16.5. The molecule has 0 atom stereocenters. The van der Waals surface area contributed by atoms with Crippen molar-refractivity contribution in [1.82, 2.24) is 10.6 Å². The second-order valence-electron chi connectivity index (χ2n) is 5.37. The molecule has 1 aliphatic rings. The molecule has 5 nitrogen and oxygen atoms in total. The van der Waals surface area contributed by atoms with E-state index < -0.39 is 0 Å². The summed E-state index contributed by atoms with van der Waals surface area (Å²) >= 11 is 0. The number of piperidine rings is 1. The van der Waals surface area contributed by atoms with E-state index in [-0.39, 0.29) is 12.4 Å². The molecule has 0 amide bonds. The van der Waals surface area contributed by atoms with E-state index in [0.717, 1.165) is 44.1 Å². The average Bonchev–Trinajstić information content (AvgIpc) is 2.53. The van der Waals surface area contributed by atoms with Crippen LogP contribution in [0.25, 0.3) is 0 Å². The van der Waals surface area contributed by atoms with Crippen molar-refractivity contribution in [2.45, 2.75) is 25.8 Å². The van der Waals surface area contributed by atoms with Gasteiger partial charge in [0, 0.05) is 31.4 Å². The van der Waals surface area contributed by atoms with Crippen LogP contribution in [0.1, 0.15) is 19.8 Å². The van der Waals surface area contributed by atoms with E-state index in [4.69, 9.17) is 5.11 Å². The van der Waals surface area contributed by atoms with Gasteiger partial charge in [0.2, 0.25) is 0 Å². The molecule has 0 bridgehead atoms. The van der Waals surface area contributed by atoms with Gasteiger partial charge in [-0.2, -0.15) is 0 Å². The minimum atomic E-state index is -0.191. The zero-order valence-electron chi connectivity index (χ0n) is 13.1. The van der Waals surface area contributed by atoms with Crippen LogP contribution in [0.2, 0.25) is 0 Å². The zero-order chi connectivity index (χ0) is 15.8. The van der Waals surface area contributed by atoms with Gasteiger partial charge in [-0.3, -0.25) is 4.99 Å². The largest absolute Gasteiger partial charge is 0.394 e. The molecule has 0 saturated carbocycles. The Kier molecular flexibility index (Phi) is 6.45. The first-order valence-corrected chi connectivity index (χ1v) is 7.89. The van der Waals surface area contributed by atoms with E-state index in [0.29, 0.717) is 12.6 Å². The van der Waals surface area contributed by atoms with Crippen LogP contribution >= 0.6 is 0 Å². The summed E-state index contributed by atoms with van der Waals surface area (Å²) in [5, 5.41) is 15.5. The maximum atomic E-state index is 13.3. The number of halogens is 1. The molecule has 122 valence electrons. The third-order valence-corrected chi connectivity index (χ3v) is 3.72. The number of hydrogen-bond donors (Lipinski definition) is 3. The SMILES string of the molecule is CCNC(=NCCO)NC1CCN(c2cccc(F)c2)CC1. The Morgan fingerprint density at radius 1 is 1.41 bits per heavy atom. The number of aliphatic hydroxyl groups excluding tert-OH is 1. The highest BCUT2D eigenvalue weighted by Crippen LogP contribution is 2.20.